The van der Waals surface area contributed by atoms with Crippen molar-refractivity contribution >= 4 is 11.9 Å². The molecule has 0 atom stereocenters. The van der Waals surface area contributed by atoms with Gasteiger partial charge in [-0.15, -0.1) is 13.2 Å². The summed E-state index contributed by atoms with van der Waals surface area (Å²) in [6.07, 6.45) is 2.15. The lowest BCUT2D eigenvalue weighted by atomic mass is 10.1. The van der Waals surface area contributed by atoms with E-state index in [2.05, 4.69) is 24.9 Å². The number of benzene rings is 1. The van der Waals surface area contributed by atoms with Crippen LogP contribution < -0.4 is 10.1 Å². The number of aromatic nitrogens is 2. The van der Waals surface area contributed by atoms with Crippen molar-refractivity contribution in [3.05, 3.63) is 47.3 Å². The molecule has 1 amide bonds. The van der Waals surface area contributed by atoms with Crippen LogP contribution in [0, 0.1) is 0 Å². The number of alkyl halides is 3. The predicted molar refractivity (Wildman–Crippen MR) is 112 cm³/mol. The average Bonchev–Trinajstić information content (AvgIpc) is 3.59. The zero-order valence-electron chi connectivity index (χ0n) is 17.9. The molecule has 1 saturated heterocycles. The van der Waals surface area contributed by atoms with Gasteiger partial charge in [0.05, 0.1) is 12.2 Å². The summed E-state index contributed by atoms with van der Waals surface area (Å²) in [6, 6.07) is 4.69. The molecule has 0 radical (unpaired) electrons. The number of halogens is 3. The van der Waals surface area contributed by atoms with Gasteiger partial charge in [-0.05, 0) is 68.5 Å². The van der Waals surface area contributed by atoms with Gasteiger partial charge in [0.1, 0.15) is 5.75 Å². The lowest BCUT2D eigenvalue weighted by Gasteiger charge is -2.24. The molecule has 1 aliphatic carbocycles. The molecule has 0 bridgehead atoms. The van der Waals surface area contributed by atoms with Crippen molar-refractivity contribution in [3.63, 3.8) is 0 Å². The maximum atomic E-state index is 12.7. The molecular formula is C22H26F3N5O2. The normalized spacial score (nSPS) is 17.7. The third-order valence-electron chi connectivity index (χ3n) is 5.54. The van der Waals surface area contributed by atoms with Gasteiger partial charge >= 0.3 is 6.36 Å². The minimum Gasteiger partial charge on any atom is -0.406 e. The van der Waals surface area contributed by atoms with Crippen LogP contribution in [0.1, 0.15) is 53.1 Å². The van der Waals surface area contributed by atoms with Crippen molar-refractivity contribution in [2.75, 3.05) is 32.1 Å². The van der Waals surface area contributed by atoms with Gasteiger partial charge in [0.25, 0.3) is 5.91 Å². The number of amides is 1. The van der Waals surface area contributed by atoms with E-state index < -0.39 is 6.36 Å². The Bertz CT molecular complexity index is 948. The van der Waals surface area contributed by atoms with E-state index in [1.165, 1.54) is 24.5 Å². The highest BCUT2D eigenvalue weighted by molar-refractivity contribution is 5.93. The zero-order chi connectivity index (χ0) is 22.7. The molecule has 32 heavy (non-hydrogen) atoms. The Labute approximate surface area is 184 Å². The van der Waals surface area contributed by atoms with Gasteiger partial charge in [-0.25, -0.2) is 9.97 Å². The van der Waals surface area contributed by atoms with E-state index in [1.807, 2.05) is 13.1 Å². The van der Waals surface area contributed by atoms with E-state index in [-0.39, 0.29) is 24.1 Å². The Morgan fingerprint density at radius 3 is 2.56 bits per heavy atom. The van der Waals surface area contributed by atoms with Gasteiger partial charge in [-0.2, -0.15) is 0 Å². The number of ether oxygens (including phenoxy) is 1. The summed E-state index contributed by atoms with van der Waals surface area (Å²) in [5.41, 5.74) is 1.89. The van der Waals surface area contributed by atoms with E-state index in [4.69, 9.17) is 0 Å². The second-order valence-corrected chi connectivity index (χ2v) is 8.38. The van der Waals surface area contributed by atoms with Crippen molar-refractivity contribution in [1.82, 2.24) is 19.8 Å². The lowest BCUT2D eigenvalue weighted by molar-refractivity contribution is -0.274. The SMILES string of the molecule is CN1CCCCN(C(=O)c2cnc(NCc3cc(OC(F)(F)F)cc(C4CC4)c3)nc2)C1. The summed E-state index contributed by atoms with van der Waals surface area (Å²) in [5.74, 6) is 0.245. The van der Waals surface area contributed by atoms with Gasteiger partial charge in [0, 0.05) is 25.5 Å². The smallest absolute Gasteiger partial charge is 0.406 e. The summed E-state index contributed by atoms with van der Waals surface area (Å²) in [7, 11) is 1.98. The molecule has 0 spiro atoms. The van der Waals surface area contributed by atoms with E-state index in [0.717, 1.165) is 37.8 Å². The molecule has 2 aliphatic rings. The zero-order valence-corrected chi connectivity index (χ0v) is 17.9. The molecule has 1 aromatic carbocycles. The molecule has 2 aromatic rings. The minimum atomic E-state index is -4.74. The Kier molecular flexibility index (Phi) is 6.50. The van der Waals surface area contributed by atoms with Crippen LogP contribution >= 0.6 is 0 Å². The van der Waals surface area contributed by atoms with Crippen molar-refractivity contribution in [2.24, 2.45) is 0 Å². The van der Waals surface area contributed by atoms with Crippen LogP contribution in [-0.2, 0) is 6.54 Å². The van der Waals surface area contributed by atoms with Crippen molar-refractivity contribution < 1.29 is 22.7 Å². The van der Waals surface area contributed by atoms with E-state index in [0.29, 0.717) is 30.3 Å². The maximum absolute atomic E-state index is 12.7. The van der Waals surface area contributed by atoms with Crippen molar-refractivity contribution in [3.8, 4) is 5.75 Å². The number of nitrogens with one attached hydrogen (secondary N) is 1. The molecule has 0 unspecified atom stereocenters. The molecule has 4 rings (SSSR count). The Morgan fingerprint density at radius 2 is 1.88 bits per heavy atom. The number of hydrogen-bond acceptors (Lipinski definition) is 6. The minimum absolute atomic E-state index is 0.114. The number of carbonyl (C=O) groups is 1. The van der Waals surface area contributed by atoms with E-state index in [1.54, 1.807) is 4.90 Å². The first-order valence-corrected chi connectivity index (χ1v) is 10.7. The number of anilines is 1. The first-order valence-electron chi connectivity index (χ1n) is 10.7. The summed E-state index contributed by atoms with van der Waals surface area (Å²) in [5, 5.41) is 3.01. The number of hydrogen-bond donors (Lipinski definition) is 1. The van der Waals surface area contributed by atoms with Crippen LogP contribution in [0.25, 0.3) is 0 Å². The topological polar surface area (TPSA) is 70.6 Å². The fourth-order valence-electron chi connectivity index (χ4n) is 3.81. The number of nitrogens with zero attached hydrogens (tertiary/aromatic N) is 4. The summed E-state index contributed by atoms with van der Waals surface area (Å²) < 4.78 is 42.1. The summed E-state index contributed by atoms with van der Waals surface area (Å²) in [6.45, 7) is 2.46. The summed E-state index contributed by atoms with van der Waals surface area (Å²) >= 11 is 0. The number of carbonyl (C=O) groups excluding carboxylic acids is 1. The fourth-order valence-corrected chi connectivity index (χ4v) is 3.81. The lowest BCUT2D eigenvalue weighted by Crippen LogP contribution is -2.38. The largest absolute Gasteiger partial charge is 0.573 e. The average molecular weight is 449 g/mol. The monoisotopic (exact) mass is 449 g/mol. The van der Waals surface area contributed by atoms with E-state index >= 15 is 0 Å². The third kappa shape index (κ3) is 6.09. The highest BCUT2D eigenvalue weighted by atomic mass is 19.4. The molecule has 1 saturated carbocycles. The van der Waals surface area contributed by atoms with Crippen molar-refractivity contribution in [1.29, 1.82) is 0 Å². The van der Waals surface area contributed by atoms with Gasteiger partial charge in [-0.1, -0.05) is 6.07 Å². The fraction of sp³-hybridized carbons (Fsp3) is 0.500. The predicted octanol–water partition coefficient (Wildman–Crippen LogP) is 3.99. The van der Waals surface area contributed by atoms with Crippen LogP contribution in [0.2, 0.25) is 0 Å². The Balaban J connectivity index is 1.40. The number of rotatable bonds is 6. The van der Waals surface area contributed by atoms with Crippen molar-refractivity contribution in [2.45, 2.75) is 44.5 Å². The molecular weight excluding hydrogens is 423 g/mol. The molecule has 172 valence electrons. The van der Waals surface area contributed by atoms with Crippen LogP contribution in [0.15, 0.2) is 30.6 Å². The Hall–Kier alpha value is -2.88. The first-order chi connectivity index (χ1) is 15.3. The molecule has 10 heteroatoms. The van der Waals surface area contributed by atoms with Gasteiger partial charge in [-0.3, -0.25) is 9.69 Å². The molecule has 2 fully saturated rings. The maximum Gasteiger partial charge on any atom is 0.573 e. The standard InChI is InChI=1S/C22H26F3N5O2/c1-29-6-2-3-7-30(14-29)20(31)18-12-27-21(28-13-18)26-11-15-8-17(16-4-5-16)10-19(9-15)32-22(23,24)25/h8-10,12-13,16H,2-7,11,14H2,1H3,(H,26,27,28). The van der Waals surface area contributed by atoms with Crippen LogP contribution in [0.4, 0.5) is 19.1 Å². The molecule has 1 N–H and O–H groups in total. The molecule has 1 aliphatic heterocycles. The van der Waals surface area contributed by atoms with Crippen LogP contribution in [0.5, 0.6) is 5.75 Å². The molecule has 7 nitrogen and oxygen atoms in total. The summed E-state index contributed by atoms with van der Waals surface area (Å²) in [4.78, 5) is 25.0. The third-order valence-corrected chi connectivity index (χ3v) is 5.54. The van der Waals surface area contributed by atoms with Gasteiger partial charge in [0.15, 0.2) is 0 Å². The van der Waals surface area contributed by atoms with Gasteiger partial charge < -0.3 is 15.0 Å². The van der Waals surface area contributed by atoms with Gasteiger partial charge in [0.2, 0.25) is 5.95 Å². The quantitative estimate of drug-likeness (QED) is 0.719. The molecule has 1 aromatic heterocycles. The van der Waals surface area contributed by atoms with Crippen LogP contribution in [-0.4, -0.2) is 58.8 Å². The van der Waals surface area contributed by atoms with E-state index in [9.17, 15) is 18.0 Å². The Morgan fingerprint density at radius 1 is 1.16 bits per heavy atom. The highest BCUT2D eigenvalue weighted by Gasteiger charge is 2.32. The second kappa shape index (κ2) is 9.32. The molecule has 2 heterocycles. The second-order valence-electron chi connectivity index (χ2n) is 8.38. The first kappa shape index (κ1) is 22.3. The van der Waals surface area contributed by atoms with Crippen LogP contribution in [0.3, 0.4) is 0 Å². The highest BCUT2D eigenvalue weighted by Crippen LogP contribution is 2.42.